The van der Waals surface area contributed by atoms with Gasteiger partial charge in [-0.25, -0.2) is 4.98 Å². The molecule has 0 aliphatic rings. The SMILES string of the molecule is Cc1nnc(Cl)c(C)n1. The van der Waals surface area contributed by atoms with Crippen LogP contribution in [0.15, 0.2) is 0 Å². The molecule has 0 radical (unpaired) electrons. The van der Waals surface area contributed by atoms with E-state index < -0.39 is 0 Å². The van der Waals surface area contributed by atoms with Crippen LogP contribution in [0.1, 0.15) is 11.5 Å². The topological polar surface area (TPSA) is 38.7 Å². The monoisotopic (exact) mass is 143 g/mol. The number of hydrogen-bond donors (Lipinski definition) is 0. The third-order valence-electron chi connectivity index (χ3n) is 0.911. The summed E-state index contributed by atoms with van der Waals surface area (Å²) in [5.74, 6) is 0.650. The molecule has 0 fully saturated rings. The minimum atomic E-state index is 0.376. The number of halogens is 1. The van der Waals surface area contributed by atoms with Crippen molar-refractivity contribution in [1.82, 2.24) is 15.2 Å². The second-order valence-electron chi connectivity index (χ2n) is 1.74. The van der Waals surface area contributed by atoms with Gasteiger partial charge >= 0.3 is 0 Å². The van der Waals surface area contributed by atoms with Gasteiger partial charge in [0.15, 0.2) is 5.15 Å². The lowest BCUT2D eigenvalue weighted by atomic mass is 10.5. The molecule has 0 N–H and O–H groups in total. The zero-order valence-corrected chi connectivity index (χ0v) is 5.98. The van der Waals surface area contributed by atoms with Gasteiger partial charge in [-0.05, 0) is 13.8 Å². The first kappa shape index (κ1) is 6.42. The normalized spacial score (nSPS) is 9.67. The van der Waals surface area contributed by atoms with Crippen molar-refractivity contribution in [3.8, 4) is 0 Å². The fourth-order valence-electron chi connectivity index (χ4n) is 0.500. The van der Waals surface area contributed by atoms with Crippen molar-refractivity contribution in [1.29, 1.82) is 0 Å². The van der Waals surface area contributed by atoms with E-state index >= 15 is 0 Å². The van der Waals surface area contributed by atoms with Crippen molar-refractivity contribution in [2.45, 2.75) is 13.8 Å². The van der Waals surface area contributed by atoms with Crippen LogP contribution in [0.5, 0.6) is 0 Å². The summed E-state index contributed by atoms with van der Waals surface area (Å²) < 4.78 is 0. The van der Waals surface area contributed by atoms with Crippen LogP contribution in [0.25, 0.3) is 0 Å². The van der Waals surface area contributed by atoms with Gasteiger partial charge in [0, 0.05) is 0 Å². The number of aryl methyl sites for hydroxylation is 2. The molecule has 1 aromatic heterocycles. The standard InChI is InChI=1S/C5H6ClN3/c1-3-5(6)9-8-4(2)7-3/h1-2H3. The molecule has 0 atom stereocenters. The molecular weight excluding hydrogens is 138 g/mol. The summed E-state index contributed by atoms with van der Waals surface area (Å²) in [7, 11) is 0. The molecule has 9 heavy (non-hydrogen) atoms. The molecule has 0 amide bonds. The molecule has 4 heteroatoms. The Balaban J connectivity index is 3.17. The largest absolute Gasteiger partial charge is 0.233 e. The summed E-state index contributed by atoms with van der Waals surface area (Å²) in [5, 5.41) is 7.65. The third kappa shape index (κ3) is 1.36. The molecule has 0 saturated heterocycles. The van der Waals surface area contributed by atoms with Crippen molar-refractivity contribution in [2.24, 2.45) is 0 Å². The molecule has 0 bridgehead atoms. The van der Waals surface area contributed by atoms with Gasteiger partial charge in [-0.3, -0.25) is 0 Å². The van der Waals surface area contributed by atoms with Crippen molar-refractivity contribution < 1.29 is 0 Å². The molecule has 0 aromatic carbocycles. The van der Waals surface area contributed by atoms with Gasteiger partial charge in [0.1, 0.15) is 5.82 Å². The van der Waals surface area contributed by atoms with E-state index in [1.807, 2.05) is 0 Å². The van der Waals surface area contributed by atoms with Gasteiger partial charge in [0.2, 0.25) is 0 Å². The maximum Gasteiger partial charge on any atom is 0.172 e. The smallest absolute Gasteiger partial charge is 0.172 e. The zero-order chi connectivity index (χ0) is 6.85. The third-order valence-corrected chi connectivity index (χ3v) is 1.26. The minimum Gasteiger partial charge on any atom is -0.233 e. The Morgan fingerprint density at radius 2 is 1.89 bits per heavy atom. The number of rotatable bonds is 0. The average molecular weight is 144 g/mol. The summed E-state index contributed by atoms with van der Waals surface area (Å²) in [6.45, 7) is 3.57. The molecular formula is C5H6ClN3. The van der Waals surface area contributed by atoms with E-state index in [4.69, 9.17) is 11.6 Å². The Labute approximate surface area is 58.1 Å². The average Bonchev–Trinajstić information content (AvgIpc) is 1.80. The lowest BCUT2D eigenvalue weighted by Gasteiger charge is -1.92. The van der Waals surface area contributed by atoms with E-state index in [2.05, 4.69) is 15.2 Å². The maximum atomic E-state index is 5.54. The lowest BCUT2D eigenvalue weighted by Crippen LogP contribution is -1.94. The Morgan fingerprint density at radius 1 is 1.22 bits per heavy atom. The van der Waals surface area contributed by atoms with Crippen molar-refractivity contribution in [3.05, 3.63) is 16.7 Å². The van der Waals surface area contributed by atoms with Gasteiger partial charge in [0.05, 0.1) is 5.69 Å². The highest BCUT2D eigenvalue weighted by Gasteiger charge is 1.96. The number of aromatic nitrogens is 3. The van der Waals surface area contributed by atoms with Crippen LogP contribution in [0.3, 0.4) is 0 Å². The second kappa shape index (κ2) is 2.27. The summed E-state index contributed by atoms with van der Waals surface area (Å²) in [6, 6.07) is 0. The van der Waals surface area contributed by atoms with Crippen LogP contribution in [-0.2, 0) is 0 Å². The highest BCUT2D eigenvalue weighted by molar-refractivity contribution is 6.29. The van der Waals surface area contributed by atoms with Crippen molar-refractivity contribution >= 4 is 11.6 Å². The summed E-state index contributed by atoms with van der Waals surface area (Å²) in [5.41, 5.74) is 0.726. The van der Waals surface area contributed by atoms with Gasteiger partial charge in [-0.15, -0.1) is 10.2 Å². The van der Waals surface area contributed by atoms with Crippen LogP contribution in [-0.4, -0.2) is 15.2 Å². The number of nitrogens with zero attached hydrogens (tertiary/aromatic N) is 3. The number of hydrogen-bond acceptors (Lipinski definition) is 3. The molecule has 1 rings (SSSR count). The molecule has 1 aromatic rings. The predicted molar refractivity (Wildman–Crippen MR) is 34.3 cm³/mol. The Hall–Kier alpha value is -0.700. The Bertz CT molecular complexity index is 223. The van der Waals surface area contributed by atoms with Crippen molar-refractivity contribution in [3.63, 3.8) is 0 Å². The first-order chi connectivity index (χ1) is 4.20. The highest BCUT2D eigenvalue weighted by atomic mass is 35.5. The molecule has 0 aliphatic heterocycles. The van der Waals surface area contributed by atoms with E-state index in [-0.39, 0.29) is 0 Å². The van der Waals surface area contributed by atoms with Crippen LogP contribution in [0.4, 0.5) is 0 Å². The predicted octanol–water partition coefficient (Wildman–Crippen LogP) is 1.14. The fourth-order valence-corrected chi connectivity index (χ4v) is 0.580. The minimum absolute atomic E-state index is 0.376. The van der Waals surface area contributed by atoms with E-state index in [1.54, 1.807) is 13.8 Å². The highest BCUT2D eigenvalue weighted by Crippen LogP contribution is 2.05. The van der Waals surface area contributed by atoms with Crippen LogP contribution >= 0.6 is 11.6 Å². The van der Waals surface area contributed by atoms with Crippen molar-refractivity contribution in [2.75, 3.05) is 0 Å². The molecule has 0 saturated carbocycles. The quantitative estimate of drug-likeness (QED) is 0.547. The molecule has 48 valence electrons. The van der Waals surface area contributed by atoms with Gasteiger partial charge in [-0.1, -0.05) is 11.6 Å². The van der Waals surface area contributed by atoms with E-state index in [0.29, 0.717) is 11.0 Å². The maximum absolute atomic E-state index is 5.54. The molecule has 0 aliphatic carbocycles. The first-order valence-electron chi connectivity index (χ1n) is 2.53. The molecule has 0 unspecified atom stereocenters. The summed E-state index contributed by atoms with van der Waals surface area (Å²) in [4.78, 5) is 3.97. The lowest BCUT2D eigenvalue weighted by molar-refractivity contribution is 0.883. The fraction of sp³-hybridized carbons (Fsp3) is 0.400. The van der Waals surface area contributed by atoms with Gasteiger partial charge in [0.25, 0.3) is 0 Å². The molecule has 3 nitrogen and oxygen atoms in total. The first-order valence-corrected chi connectivity index (χ1v) is 2.91. The molecule has 1 heterocycles. The second-order valence-corrected chi connectivity index (χ2v) is 2.09. The van der Waals surface area contributed by atoms with Gasteiger partial charge in [-0.2, -0.15) is 0 Å². The summed E-state index contributed by atoms with van der Waals surface area (Å²) >= 11 is 5.54. The van der Waals surface area contributed by atoms with E-state index in [9.17, 15) is 0 Å². The summed E-state index contributed by atoms with van der Waals surface area (Å²) in [6.07, 6.45) is 0. The van der Waals surface area contributed by atoms with E-state index in [0.717, 1.165) is 5.69 Å². The Kier molecular flexibility index (Phi) is 1.62. The van der Waals surface area contributed by atoms with Crippen LogP contribution in [0.2, 0.25) is 5.15 Å². The zero-order valence-electron chi connectivity index (χ0n) is 5.22. The van der Waals surface area contributed by atoms with Gasteiger partial charge < -0.3 is 0 Å². The van der Waals surface area contributed by atoms with Crippen LogP contribution in [0, 0.1) is 13.8 Å². The van der Waals surface area contributed by atoms with Crippen LogP contribution < -0.4 is 0 Å². The Morgan fingerprint density at radius 3 is 2.33 bits per heavy atom. The molecule has 0 spiro atoms. The van der Waals surface area contributed by atoms with E-state index in [1.165, 1.54) is 0 Å².